The molecule has 8 nitrogen and oxygen atoms in total. The summed E-state index contributed by atoms with van der Waals surface area (Å²) in [6.07, 6.45) is 2.04. The number of nitro groups is 2. The van der Waals surface area contributed by atoms with Crippen molar-refractivity contribution in [2.75, 3.05) is 25.5 Å². The highest BCUT2D eigenvalue weighted by molar-refractivity contribution is 9.10. The van der Waals surface area contributed by atoms with E-state index < -0.39 is 16.4 Å². The first-order valence-electron chi connectivity index (χ1n) is 8.66. The summed E-state index contributed by atoms with van der Waals surface area (Å²) >= 11 is 6.25. The molecule has 0 spiro atoms. The summed E-state index contributed by atoms with van der Waals surface area (Å²) in [5, 5.41) is 24.4. The van der Waals surface area contributed by atoms with Crippen LogP contribution in [0.15, 0.2) is 45.3 Å². The van der Waals surface area contributed by atoms with Crippen molar-refractivity contribution < 1.29 is 14.2 Å². The van der Waals surface area contributed by atoms with E-state index in [4.69, 9.17) is 0 Å². The van der Waals surface area contributed by atoms with E-state index in [-0.39, 0.29) is 10.6 Å². The second kappa shape index (κ2) is 10.6. The zero-order valence-corrected chi connectivity index (χ0v) is 18.7. The van der Waals surface area contributed by atoms with Gasteiger partial charge in [0.15, 0.2) is 0 Å². The average Bonchev–Trinajstić information content (AvgIpc) is 2.67. The van der Waals surface area contributed by atoms with Gasteiger partial charge in [0.2, 0.25) is 5.82 Å². The lowest BCUT2D eigenvalue weighted by molar-refractivity contribution is -0.387. The molecule has 0 amide bonds. The minimum absolute atomic E-state index is 0.128. The molecule has 2 aromatic rings. The minimum atomic E-state index is -0.821. The molecule has 1 heterocycles. The third-order valence-electron chi connectivity index (χ3n) is 4.34. The molecule has 2 aromatic carbocycles. The number of nitrogens with one attached hydrogen (secondary N) is 1. The molecule has 1 N–H and O–H groups in total. The maximum Gasteiger partial charge on any atom is 0.305 e. The van der Waals surface area contributed by atoms with Crippen LogP contribution in [0.4, 0.5) is 21.5 Å². The van der Waals surface area contributed by atoms with Crippen LogP contribution in [0.5, 0.6) is 0 Å². The number of rotatable bonds is 4. The van der Waals surface area contributed by atoms with Crippen molar-refractivity contribution in [3.05, 3.63) is 71.4 Å². The molecule has 1 fully saturated rings. The fraction of sp³-hybridized carbons (Fsp3) is 0.333. The molecule has 0 saturated carbocycles. The van der Waals surface area contributed by atoms with E-state index in [1.54, 1.807) is 6.07 Å². The first-order valence-corrected chi connectivity index (χ1v) is 10.2. The van der Waals surface area contributed by atoms with Gasteiger partial charge in [-0.3, -0.25) is 20.2 Å². The zero-order chi connectivity index (χ0) is 21.6. The van der Waals surface area contributed by atoms with Gasteiger partial charge in [0.25, 0.3) is 5.69 Å². The van der Waals surface area contributed by atoms with Gasteiger partial charge in [-0.25, -0.2) is 0 Å². The summed E-state index contributed by atoms with van der Waals surface area (Å²) < 4.78 is 13.8. The largest absolute Gasteiger partial charge is 0.377 e. The van der Waals surface area contributed by atoms with Crippen LogP contribution >= 0.6 is 31.9 Å². The third-order valence-corrected chi connectivity index (χ3v) is 5.33. The van der Waals surface area contributed by atoms with Crippen molar-refractivity contribution in [3.63, 3.8) is 0 Å². The van der Waals surface area contributed by atoms with Gasteiger partial charge in [-0.1, -0.05) is 31.9 Å². The predicted octanol–water partition coefficient (Wildman–Crippen LogP) is 5.36. The van der Waals surface area contributed by atoms with Crippen LogP contribution in [-0.4, -0.2) is 40.9 Å². The standard InChI is InChI=1S/C12H16BrN3O2.C6H3BrFNO2/c1-15-6-4-10(5-7-15)14-11-3-2-9(13)8-12(11)16(17)18;7-4-1-2-5(8)6(3-4)9(10)11/h2-3,8,10,14H,4-7H2,1H3;1-3H. The van der Waals surface area contributed by atoms with Gasteiger partial charge in [0.05, 0.1) is 9.85 Å². The van der Waals surface area contributed by atoms with E-state index in [1.807, 2.05) is 6.07 Å². The molecule has 1 aliphatic rings. The summed E-state index contributed by atoms with van der Waals surface area (Å²) in [5.41, 5.74) is 0.223. The highest BCUT2D eigenvalue weighted by Crippen LogP contribution is 2.29. The molecule has 0 radical (unpaired) electrons. The predicted molar refractivity (Wildman–Crippen MR) is 116 cm³/mol. The Morgan fingerprint density at radius 1 is 1.00 bits per heavy atom. The van der Waals surface area contributed by atoms with Gasteiger partial charge in [0, 0.05) is 27.1 Å². The Hall–Kier alpha value is -2.11. The SMILES string of the molecule is CN1CCC(Nc2ccc(Br)cc2[N+](=O)[O-])CC1.O=[N+]([O-])c1cc(Br)ccc1F. The van der Waals surface area contributed by atoms with Crippen molar-refractivity contribution in [1.29, 1.82) is 0 Å². The molecule has 0 aliphatic carbocycles. The second-order valence-electron chi connectivity index (χ2n) is 6.49. The molecule has 1 aliphatic heterocycles. The van der Waals surface area contributed by atoms with E-state index in [0.29, 0.717) is 16.2 Å². The van der Waals surface area contributed by atoms with Crippen LogP contribution in [0, 0.1) is 26.0 Å². The van der Waals surface area contributed by atoms with Crippen LogP contribution in [0.2, 0.25) is 0 Å². The number of hydrogen-bond acceptors (Lipinski definition) is 6. The average molecular weight is 534 g/mol. The summed E-state index contributed by atoms with van der Waals surface area (Å²) in [4.78, 5) is 22.3. The van der Waals surface area contributed by atoms with Gasteiger partial charge >= 0.3 is 5.69 Å². The van der Waals surface area contributed by atoms with E-state index in [9.17, 15) is 24.6 Å². The quantitative estimate of drug-likeness (QED) is 0.419. The highest BCUT2D eigenvalue weighted by atomic mass is 79.9. The van der Waals surface area contributed by atoms with Crippen molar-refractivity contribution in [3.8, 4) is 0 Å². The Labute approximate surface area is 183 Å². The number of nitrogens with zero attached hydrogens (tertiary/aromatic N) is 3. The van der Waals surface area contributed by atoms with E-state index in [2.05, 4.69) is 49.1 Å². The maximum absolute atomic E-state index is 12.6. The van der Waals surface area contributed by atoms with E-state index in [0.717, 1.165) is 42.5 Å². The van der Waals surface area contributed by atoms with E-state index in [1.165, 1.54) is 12.1 Å². The Balaban J connectivity index is 0.000000234. The molecule has 0 bridgehead atoms. The van der Waals surface area contributed by atoms with E-state index >= 15 is 0 Å². The molecule has 156 valence electrons. The molecule has 0 unspecified atom stereocenters. The number of likely N-dealkylation sites (tertiary alicyclic amines) is 1. The van der Waals surface area contributed by atoms with Crippen LogP contribution in [0.1, 0.15) is 12.8 Å². The molecular formula is C18H19Br2FN4O4. The lowest BCUT2D eigenvalue weighted by atomic mass is 10.1. The number of anilines is 1. The fourth-order valence-electron chi connectivity index (χ4n) is 2.78. The monoisotopic (exact) mass is 532 g/mol. The van der Waals surface area contributed by atoms with Crippen molar-refractivity contribution in [2.45, 2.75) is 18.9 Å². The summed E-state index contributed by atoms with van der Waals surface area (Å²) in [7, 11) is 2.10. The Kier molecular flexibility index (Phi) is 8.47. The lowest BCUT2D eigenvalue weighted by Crippen LogP contribution is -2.36. The summed E-state index contributed by atoms with van der Waals surface area (Å²) in [6, 6.07) is 9.02. The molecule has 3 rings (SSSR count). The number of nitro benzene ring substituents is 2. The molecular weight excluding hydrogens is 515 g/mol. The Bertz CT molecular complexity index is 892. The van der Waals surface area contributed by atoms with Gasteiger partial charge in [-0.05, 0) is 57.2 Å². The van der Waals surface area contributed by atoms with Gasteiger partial charge in [0.1, 0.15) is 5.69 Å². The minimum Gasteiger partial charge on any atom is -0.377 e. The molecule has 0 atom stereocenters. The van der Waals surface area contributed by atoms with Crippen molar-refractivity contribution in [1.82, 2.24) is 4.90 Å². The zero-order valence-electron chi connectivity index (χ0n) is 15.5. The second-order valence-corrected chi connectivity index (χ2v) is 8.32. The Morgan fingerprint density at radius 3 is 2.03 bits per heavy atom. The molecule has 0 aromatic heterocycles. The van der Waals surface area contributed by atoms with Gasteiger partial charge < -0.3 is 10.2 Å². The topological polar surface area (TPSA) is 102 Å². The van der Waals surface area contributed by atoms with Crippen LogP contribution in [-0.2, 0) is 0 Å². The summed E-state index contributed by atoms with van der Waals surface area (Å²) in [6.45, 7) is 2.06. The first-order chi connectivity index (χ1) is 13.7. The van der Waals surface area contributed by atoms with Gasteiger partial charge in [-0.15, -0.1) is 0 Å². The first kappa shape index (κ1) is 23.2. The molecule has 29 heavy (non-hydrogen) atoms. The van der Waals surface area contributed by atoms with Crippen LogP contribution in [0.3, 0.4) is 0 Å². The third kappa shape index (κ3) is 7.02. The lowest BCUT2D eigenvalue weighted by Gasteiger charge is -2.30. The number of halogens is 3. The smallest absolute Gasteiger partial charge is 0.305 e. The van der Waals surface area contributed by atoms with Gasteiger partial charge in [-0.2, -0.15) is 4.39 Å². The normalized spacial score (nSPS) is 14.6. The maximum atomic E-state index is 12.6. The van der Waals surface area contributed by atoms with Crippen molar-refractivity contribution >= 4 is 48.9 Å². The molecule has 11 heteroatoms. The number of hydrogen-bond donors (Lipinski definition) is 1. The Morgan fingerprint density at radius 2 is 1.52 bits per heavy atom. The molecule has 1 saturated heterocycles. The highest BCUT2D eigenvalue weighted by Gasteiger charge is 2.20. The van der Waals surface area contributed by atoms with Crippen molar-refractivity contribution in [2.24, 2.45) is 0 Å². The van der Waals surface area contributed by atoms with Crippen LogP contribution in [0.25, 0.3) is 0 Å². The fourth-order valence-corrected chi connectivity index (χ4v) is 3.47. The number of piperidine rings is 1. The summed E-state index contributed by atoms with van der Waals surface area (Å²) in [5.74, 6) is -0.821. The number of benzene rings is 2. The van der Waals surface area contributed by atoms with Crippen LogP contribution < -0.4 is 5.32 Å².